The highest BCUT2D eigenvalue weighted by molar-refractivity contribution is 5.95. The lowest BCUT2D eigenvalue weighted by atomic mass is 10.2. The highest BCUT2D eigenvalue weighted by atomic mass is 16.3. The third kappa shape index (κ3) is 2.59. The van der Waals surface area contributed by atoms with Crippen molar-refractivity contribution in [1.82, 2.24) is 15.1 Å². The third-order valence-corrected chi connectivity index (χ3v) is 2.15. The number of carbonyl (C=O) groups is 2. The Balaban J connectivity index is 2.55. The Hall–Kier alpha value is -1.30. The van der Waals surface area contributed by atoms with Gasteiger partial charge in [0.1, 0.15) is 0 Å². The van der Waals surface area contributed by atoms with Gasteiger partial charge in [-0.25, -0.2) is 14.5 Å². The molecule has 1 fully saturated rings. The number of rotatable bonds is 2. The van der Waals surface area contributed by atoms with E-state index in [1.54, 1.807) is 7.05 Å². The molecule has 0 radical (unpaired) electrons. The summed E-state index contributed by atoms with van der Waals surface area (Å²) >= 11 is 0. The second-order valence-corrected chi connectivity index (χ2v) is 4.09. The van der Waals surface area contributed by atoms with E-state index in [2.05, 4.69) is 5.32 Å². The largest absolute Gasteiger partial charge is 0.371 e. The SMILES string of the molecule is CC(C)CNC(=O)N1C(=O)N(C)CC1O. The Kier molecular flexibility index (Phi) is 3.52. The fraction of sp³-hybridized carbons (Fsp3) is 0.778. The van der Waals surface area contributed by atoms with E-state index in [1.165, 1.54) is 4.90 Å². The van der Waals surface area contributed by atoms with E-state index in [9.17, 15) is 14.7 Å². The van der Waals surface area contributed by atoms with Crippen molar-refractivity contribution in [2.75, 3.05) is 20.1 Å². The summed E-state index contributed by atoms with van der Waals surface area (Å²) in [6, 6.07) is -1.01. The monoisotopic (exact) mass is 215 g/mol. The second-order valence-electron chi connectivity index (χ2n) is 4.09. The number of nitrogens with zero attached hydrogens (tertiary/aromatic N) is 2. The van der Waals surface area contributed by atoms with Crippen molar-refractivity contribution >= 4 is 12.1 Å². The van der Waals surface area contributed by atoms with Crippen molar-refractivity contribution in [2.24, 2.45) is 5.92 Å². The molecule has 6 heteroatoms. The predicted octanol–water partition coefficient (Wildman–Crippen LogP) is 0.0378. The predicted molar refractivity (Wildman–Crippen MR) is 54.1 cm³/mol. The minimum absolute atomic E-state index is 0.161. The zero-order valence-electron chi connectivity index (χ0n) is 9.23. The molecule has 15 heavy (non-hydrogen) atoms. The number of urea groups is 2. The molecule has 6 nitrogen and oxygen atoms in total. The van der Waals surface area contributed by atoms with Crippen LogP contribution in [-0.4, -0.2) is 53.3 Å². The Morgan fingerprint density at radius 3 is 2.67 bits per heavy atom. The highest BCUT2D eigenvalue weighted by Gasteiger charge is 2.38. The highest BCUT2D eigenvalue weighted by Crippen LogP contribution is 2.11. The van der Waals surface area contributed by atoms with Gasteiger partial charge in [0.15, 0.2) is 6.23 Å². The van der Waals surface area contributed by atoms with Crippen molar-refractivity contribution < 1.29 is 14.7 Å². The number of nitrogens with one attached hydrogen (secondary N) is 1. The summed E-state index contributed by atoms with van der Waals surface area (Å²) in [5.74, 6) is 0.307. The molecule has 1 rings (SSSR count). The Bertz CT molecular complexity index is 267. The van der Waals surface area contributed by atoms with Crippen LogP contribution >= 0.6 is 0 Å². The minimum Gasteiger partial charge on any atom is -0.371 e. The molecule has 1 atom stereocenters. The number of imide groups is 1. The van der Waals surface area contributed by atoms with E-state index in [1.807, 2.05) is 13.8 Å². The maximum Gasteiger partial charge on any atom is 0.330 e. The summed E-state index contributed by atoms with van der Waals surface area (Å²) in [7, 11) is 1.54. The zero-order valence-corrected chi connectivity index (χ0v) is 9.23. The average Bonchev–Trinajstić information content (AvgIpc) is 2.37. The van der Waals surface area contributed by atoms with Gasteiger partial charge in [0.25, 0.3) is 0 Å². The summed E-state index contributed by atoms with van der Waals surface area (Å²) in [5.41, 5.74) is 0. The Labute approximate surface area is 88.8 Å². The molecule has 0 aliphatic carbocycles. The van der Waals surface area contributed by atoms with Crippen LogP contribution in [0.25, 0.3) is 0 Å². The Morgan fingerprint density at radius 2 is 2.27 bits per heavy atom. The van der Waals surface area contributed by atoms with E-state index in [0.717, 1.165) is 4.90 Å². The van der Waals surface area contributed by atoms with E-state index < -0.39 is 18.3 Å². The van der Waals surface area contributed by atoms with Crippen LogP contribution in [0.5, 0.6) is 0 Å². The normalized spacial score (nSPS) is 21.4. The molecule has 1 saturated heterocycles. The lowest BCUT2D eigenvalue weighted by Gasteiger charge is -2.18. The van der Waals surface area contributed by atoms with Crippen LogP contribution in [-0.2, 0) is 0 Å². The second kappa shape index (κ2) is 4.48. The molecular weight excluding hydrogens is 198 g/mol. The van der Waals surface area contributed by atoms with Crippen molar-refractivity contribution in [2.45, 2.75) is 20.1 Å². The number of aliphatic hydroxyl groups is 1. The van der Waals surface area contributed by atoms with Gasteiger partial charge in [-0.3, -0.25) is 0 Å². The summed E-state index contributed by atoms with van der Waals surface area (Å²) in [5, 5.41) is 12.1. The molecule has 2 N–H and O–H groups in total. The summed E-state index contributed by atoms with van der Waals surface area (Å²) in [6.45, 7) is 4.55. The number of hydrogen-bond acceptors (Lipinski definition) is 3. The van der Waals surface area contributed by atoms with E-state index in [4.69, 9.17) is 0 Å². The van der Waals surface area contributed by atoms with Crippen LogP contribution < -0.4 is 5.32 Å². The zero-order chi connectivity index (χ0) is 11.6. The first-order chi connectivity index (χ1) is 6.93. The lowest BCUT2D eigenvalue weighted by Crippen LogP contribution is -2.46. The fourth-order valence-electron chi connectivity index (χ4n) is 1.31. The van der Waals surface area contributed by atoms with Gasteiger partial charge in [0.2, 0.25) is 0 Å². The molecular formula is C9H17N3O3. The number of β-amino-alcohol motifs (C(OH)–C–C–N with tert-alkyl or cyclic N) is 1. The van der Waals surface area contributed by atoms with Gasteiger partial charge in [-0.05, 0) is 5.92 Å². The van der Waals surface area contributed by atoms with Gasteiger partial charge >= 0.3 is 12.1 Å². The smallest absolute Gasteiger partial charge is 0.330 e. The van der Waals surface area contributed by atoms with Crippen LogP contribution in [0.2, 0.25) is 0 Å². The first-order valence-corrected chi connectivity index (χ1v) is 4.93. The molecule has 86 valence electrons. The van der Waals surface area contributed by atoms with E-state index in [-0.39, 0.29) is 6.54 Å². The van der Waals surface area contributed by atoms with Gasteiger partial charge in [-0.2, -0.15) is 0 Å². The summed E-state index contributed by atoms with van der Waals surface area (Å²) < 4.78 is 0. The molecule has 0 saturated carbocycles. The van der Waals surface area contributed by atoms with Crippen LogP contribution in [0.3, 0.4) is 0 Å². The number of likely N-dealkylation sites (N-methyl/N-ethyl adjacent to an activating group) is 1. The topological polar surface area (TPSA) is 72.9 Å². The standard InChI is InChI=1S/C9H17N3O3/c1-6(2)4-10-8(14)12-7(13)5-11(3)9(12)15/h6-7,13H,4-5H2,1-3H3,(H,10,14). The van der Waals surface area contributed by atoms with Crippen molar-refractivity contribution in [3.05, 3.63) is 0 Å². The average molecular weight is 215 g/mol. The molecule has 1 aliphatic heterocycles. The summed E-state index contributed by atoms with van der Waals surface area (Å²) in [6.07, 6.45) is -1.05. The number of hydrogen-bond donors (Lipinski definition) is 2. The first kappa shape index (κ1) is 11.8. The fourth-order valence-corrected chi connectivity index (χ4v) is 1.31. The molecule has 1 unspecified atom stereocenters. The number of amides is 4. The minimum atomic E-state index is -1.05. The third-order valence-electron chi connectivity index (χ3n) is 2.15. The van der Waals surface area contributed by atoms with Crippen LogP contribution in [0, 0.1) is 5.92 Å². The van der Waals surface area contributed by atoms with Gasteiger partial charge in [0, 0.05) is 13.6 Å². The molecule has 0 bridgehead atoms. The molecule has 1 heterocycles. The maximum absolute atomic E-state index is 11.5. The molecule has 1 aliphatic rings. The van der Waals surface area contributed by atoms with Gasteiger partial charge in [-0.1, -0.05) is 13.8 Å². The first-order valence-electron chi connectivity index (χ1n) is 4.93. The van der Waals surface area contributed by atoms with Crippen molar-refractivity contribution in [3.63, 3.8) is 0 Å². The summed E-state index contributed by atoms with van der Waals surface area (Å²) in [4.78, 5) is 25.1. The van der Waals surface area contributed by atoms with Crippen LogP contribution in [0.4, 0.5) is 9.59 Å². The molecule has 0 aromatic carbocycles. The van der Waals surface area contributed by atoms with Crippen LogP contribution in [0.15, 0.2) is 0 Å². The molecule has 0 aromatic rings. The Morgan fingerprint density at radius 1 is 1.67 bits per heavy atom. The van der Waals surface area contributed by atoms with Crippen molar-refractivity contribution in [3.8, 4) is 0 Å². The van der Waals surface area contributed by atoms with Gasteiger partial charge < -0.3 is 15.3 Å². The number of aliphatic hydroxyl groups excluding tert-OH is 1. The molecule has 4 amide bonds. The van der Waals surface area contributed by atoms with E-state index in [0.29, 0.717) is 12.5 Å². The maximum atomic E-state index is 11.5. The van der Waals surface area contributed by atoms with E-state index >= 15 is 0 Å². The van der Waals surface area contributed by atoms with Crippen molar-refractivity contribution in [1.29, 1.82) is 0 Å². The van der Waals surface area contributed by atoms with Crippen LogP contribution in [0.1, 0.15) is 13.8 Å². The quantitative estimate of drug-likeness (QED) is 0.683. The number of carbonyl (C=O) groups excluding carboxylic acids is 2. The molecule has 0 aromatic heterocycles. The van der Waals surface area contributed by atoms with Gasteiger partial charge in [-0.15, -0.1) is 0 Å². The lowest BCUT2D eigenvalue weighted by molar-refractivity contribution is 0.0807. The van der Waals surface area contributed by atoms with Gasteiger partial charge in [0.05, 0.1) is 6.54 Å². The molecule has 0 spiro atoms.